The second kappa shape index (κ2) is 5.42. The third-order valence-corrected chi connectivity index (χ3v) is 6.92. The lowest BCUT2D eigenvalue weighted by molar-refractivity contribution is 0.300. The Bertz CT molecular complexity index is 724. The highest BCUT2D eigenvalue weighted by Gasteiger charge is 2.34. The predicted octanol–water partition coefficient (Wildman–Crippen LogP) is 3.03. The van der Waals surface area contributed by atoms with Crippen molar-refractivity contribution in [3.8, 4) is 0 Å². The van der Waals surface area contributed by atoms with E-state index in [1.165, 1.54) is 4.31 Å². The van der Waals surface area contributed by atoms with Crippen LogP contribution in [0.15, 0.2) is 41.4 Å². The maximum absolute atomic E-state index is 12.8. The molecule has 1 aromatic carbocycles. The molecule has 0 fully saturated rings. The van der Waals surface area contributed by atoms with Gasteiger partial charge in [-0.3, -0.25) is 4.98 Å². The van der Waals surface area contributed by atoms with Crippen LogP contribution in [0.5, 0.6) is 0 Å². The van der Waals surface area contributed by atoms with E-state index in [0.29, 0.717) is 21.1 Å². The minimum absolute atomic E-state index is 0.291. The Kier molecular flexibility index (Phi) is 4.18. The second-order valence-corrected chi connectivity index (χ2v) is 7.74. The Morgan fingerprint density at radius 1 is 1.25 bits per heavy atom. The van der Waals surface area contributed by atoms with Gasteiger partial charge in [0.15, 0.2) is 0 Å². The molecule has 0 saturated carbocycles. The standard InChI is InChI=1S/C14H17BrN2O2S/c1-14(2,10-15)17(3)20(18,19)13-8-4-7-12-11(13)6-5-9-16-12/h4-9H,10H2,1-3H3. The average Bonchev–Trinajstić information content (AvgIpc) is 2.45. The van der Waals surface area contributed by atoms with Crippen LogP contribution in [0.25, 0.3) is 10.9 Å². The van der Waals surface area contributed by atoms with E-state index in [1.54, 1.807) is 37.5 Å². The molecule has 0 unspecified atom stereocenters. The van der Waals surface area contributed by atoms with Crippen molar-refractivity contribution in [2.45, 2.75) is 24.3 Å². The summed E-state index contributed by atoms with van der Waals surface area (Å²) in [6.07, 6.45) is 1.66. The summed E-state index contributed by atoms with van der Waals surface area (Å²) < 4.78 is 27.1. The molecule has 0 atom stereocenters. The van der Waals surface area contributed by atoms with E-state index in [0.717, 1.165) is 0 Å². The number of benzene rings is 1. The number of rotatable bonds is 4. The number of fused-ring (bicyclic) bond motifs is 1. The van der Waals surface area contributed by atoms with Gasteiger partial charge in [-0.25, -0.2) is 8.42 Å². The third kappa shape index (κ3) is 2.60. The van der Waals surface area contributed by atoms with Crippen molar-refractivity contribution >= 4 is 36.9 Å². The number of nitrogens with zero attached hydrogens (tertiary/aromatic N) is 2. The first-order valence-corrected chi connectivity index (χ1v) is 8.75. The lowest BCUT2D eigenvalue weighted by Gasteiger charge is -2.33. The van der Waals surface area contributed by atoms with Crippen LogP contribution < -0.4 is 0 Å². The molecule has 1 heterocycles. The van der Waals surface area contributed by atoms with Crippen molar-refractivity contribution in [1.29, 1.82) is 0 Å². The molecule has 1 aromatic heterocycles. The van der Waals surface area contributed by atoms with Crippen molar-refractivity contribution in [2.24, 2.45) is 0 Å². The summed E-state index contributed by atoms with van der Waals surface area (Å²) in [6.45, 7) is 3.76. The molecule has 0 radical (unpaired) electrons. The van der Waals surface area contributed by atoms with Crippen LogP contribution in [0.1, 0.15) is 13.8 Å². The van der Waals surface area contributed by atoms with Gasteiger partial charge in [-0.05, 0) is 38.1 Å². The van der Waals surface area contributed by atoms with E-state index in [1.807, 2.05) is 19.9 Å². The lowest BCUT2D eigenvalue weighted by Crippen LogP contribution is -2.46. The van der Waals surface area contributed by atoms with E-state index in [-0.39, 0.29) is 0 Å². The molecule has 108 valence electrons. The van der Waals surface area contributed by atoms with E-state index in [4.69, 9.17) is 0 Å². The molecule has 0 aliphatic heterocycles. The first-order valence-electron chi connectivity index (χ1n) is 6.19. The van der Waals surface area contributed by atoms with Crippen LogP contribution in [0.3, 0.4) is 0 Å². The van der Waals surface area contributed by atoms with E-state index in [2.05, 4.69) is 20.9 Å². The molecule has 6 heteroatoms. The summed E-state index contributed by atoms with van der Waals surface area (Å²) in [5.74, 6) is 0. The van der Waals surface area contributed by atoms with Crippen molar-refractivity contribution in [3.05, 3.63) is 36.5 Å². The monoisotopic (exact) mass is 356 g/mol. The third-order valence-electron chi connectivity index (χ3n) is 3.42. The largest absolute Gasteiger partial charge is 0.256 e. The molecular weight excluding hydrogens is 340 g/mol. The van der Waals surface area contributed by atoms with Crippen LogP contribution in [-0.4, -0.2) is 35.6 Å². The van der Waals surface area contributed by atoms with E-state index in [9.17, 15) is 8.42 Å². The molecule has 0 spiro atoms. The minimum Gasteiger partial charge on any atom is -0.256 e. The normalized spacial score (nSPS) is 13.1. The average molecular weight is 357 g/mol. The zero-order valence-electron chi connectivity index (χ0n) is 11.7. The molecule has 0 bridgehead atoms. The molecule has 20 heavy (non-hydrogen) atoms. The van der Waals surface area contributed by atoms with Gasteiger partial charge in [0.1, 0.15) is 0 Å². The number of hydrogen-bond acceptors (Lipinski definition) is 3. The summed E-state index contributed by atoms with van der Waals surface area (Å²) in [6, 6.07) is 8.68. The van der Waals surface area contributed by atoms with Gasteiger partial charge in [0, 0.05) is 29.5 Å². The highest BCUT2D eigenvalue weighted by Crippen LogP contribution is 2.28. The van der Waals surface area contributed by atoms with E-state index < -0.39 is 15.6 Å². The summed E-state index contributed by atoms with van der Waals surface area (Å²) in [4.78, 5) is 4.50. The number of hydrogen-bond donors (Lipinski definition) is 0. The summed E-state index contributed by atoms with van der Waals surface area (Å²) in [5, 5.41) is 1.20. The van der Waals surface area contributed by atoms with Gasteiger partial charge >= 0.3 is 0 Å². The quantitative estimate of drug-likeness (QED) is 0.791. The van der Waals surface area contributed by atoms with Gasteiger partial charge in [0.05, 0.1) is 10.4 Å². The van der Waals surface area contributed by atoms with Gasteiger partial charge in [-0.15, -0.1) is 0 Å². The first-order chi connectivity index (χ1) is 9.30. The van der Waals surface area contributed by atoms with Crippen molar-refractivity contribution in [1.82, 2.24) is 9.29 Å². The molecule has 0 amide bonds. The Hall–Kier alpha value is -0.980. The van der Waals surface area contributed by atoms with E-state index >= 15 is 0 Å². The molecule has 2 rings (SSSR count). The number of halogens is 1. The fraction of sp³-hybridized carbons (Fsp3) is 0.357. The van der Waals surface area contributed by atoms with Crippen LogP contribution in [0.4, 0.5) is 0 Å². The fourth-order valence-corrected chi connectivity index (χ4v) is 4.11. The summed E-state index contributed by atoms with van der Waals surface area (Å²) >= 11 is 3.37. The Morgan fingerprint density at radius 2 is 1.95 bits per heavy atom. The molecule has 0 aliphatic rings. The molecule has 0 saturated heterocycles. The van der Waals surface area contributed by atoms with Gasteiger partial charge < -0.3 is 0 Å². The predicted molar refractivity (Wildman–Crippen MR) is 84.6 cm³/mol. The van der Waals surface area contributed by atoms with Crippen molar-refractivity contribution in [2.75, 3.05) is 12.4 Å². The second-order valence-electron chi connectivity index (χ2n) is 5.24. The Morgan fingerprint density at radius 3 is 2.60 bits per heavy atom. The number of aromatic nitrogens is 1. The SMILES string of the molecule is CN(C(C)(C)CBr)S(=O)(=O)c1cccc2ncccc12. The van der Waals surface area contributed by atoms with Crippen LogP contribution >= 0.6 is 15.9 Å². The summed E-state index contributed by atoms with van der Waals surface area (Å²) in [7, 11) is -1.97. The summed E-state index contributed by atoms with van der Waals surface area (Å²) in [5.41, 5.74) is 0.169. The fourth-order valence-electron chi connectivity index (χ4n) is 1.86. The zero-order chi connectivity index (χ0) is 15.0. The molecule has 0 aliphatic carbocycles. The smallest absolute Gasteiger partial charge is 0.244 e. The van der Waals surface area contributed by atoms with Crippen LogP contribution in [-0.2, 0) is 10.0 Å². The van der Waals surface area contributed by atoms with Crippen molar-refractivity contribution < 1.29 is 8.42 Å². The Labute approximate surface area is 128 Å². The van der Waals surface area contributed by atoms with Gasteiger partial charge in [0.2, 0.25) is 10.0 Å². The van der Waals surface area contributed by atoms with Crippen LogP contribution in [0, 0.1) is 0 Å². The molecular formula is C14H17BrN2O2S. The molecule has 4 nitrogen and oxygen atoms in total. The topological polar surface area (TPSA) is 50.3 Å². The molecule has 0 N–H and O–H groups in total. The molecule has 2 aromatic rings. The lowest BCUT2D eigenvalue weighted by atomic mass is 10.1. The highest BCUT2D eigenvalue weighted by molar-refractivity contribution is 9.09. The Balaban J connectivity index is 2.64. The maximum atomic E-state index is 12.8. The minimum atomic E-state index is -3.57. The van der Waals surface area contributed by atoms with Gasteiger partial charge in [-0.1, -0.05) is 22.0 Å². The zero-order valence-corrected chi connectivity index (χ0v) is 14.1. The maximum Gasteiger partial charge on any atom is 0.244 e. The van der Waals surface area contributed by atoms with Gasteiger partial charge in [0.25, 0.3) is 0 Å². The first kappa shape index (κ1) is 15.4. The van der Waals surface area contributed by atoms with Crippen molar-refractivity contribution in [3.63, 3.8) is 0 Å². The van der Waals surface area contributed by atoms with Crippen LogP contribution in [0.2, 0.25) is 0 Å². The number of pyridine rings is 1. The number of sulfonamides is 1. The highest BCUT2D eigenvalue weighted by atomic mass is 79.9. The number of alkyl halides is 1. The van der Waals surface area contributed by atoms with Gasteiger partial charge in [-0.2, -0.15) is 4.31 Å².